The van der Waals surface area contributed by atoms with Crippen molar-refractivity contribution < 1.29 is 9.90 Å². The molecule has 122 valence electrons. The molecule has 1 rings (SSSR count). The number of carboxylic acids is 1. The summed E-state index contributed by atoms with van der Waals surface area (Å²) in [5, 5.41) is 12.3. The molecule has 0 saturated carbocycles. The molecule has 0 aromatic heterocycles. The van der Waals surface area contributed by atoms with Gasteiger partial charge in [0.1, 0.15) is 6.04 Å². The predicted molar refractivity (Wildman–Crippen MR) is 87.5 cm³/mol. The monoisotopic (exact) mass is 296 g/mol. The number of carbonyl (C=O) groups is 1. The Labute approximate surface area is 129 Å². The molecule has 0 radical (unpaired) electrons. The molecule has 0 aromatic rings. The van der Waals surface area contributed by atoms with E-state index in [0.29, 0.717) is 0 Å². The fourth-order valence-electron chi connectivity index (χ4n) is 3.40. The summed E-state index contributed by atoms with van der Waals surface area (Å²) < 4.78 is 0. The topological polar surface area (TPSA) is 52.6 Å². The van der Waals surface area contributed by atoms with Crippen LogP contribution in [0, 0.1) is 11.8 Å². The quantitative estimate of drug-likeness (QED) is 0.481. The van der Waals surface area contributed by atoms with Crippen molar-refractivity contribution in [2.24, 2.45) is 11.8 Å². The maximum Gasteiger partial charge on any atom is 0.320 e. The molecular formula is C17H32N2O2. The van der Waals surface area contributed by atoms with Crippen molar-refractivity contribution >= 4 is 5.97 Å². The van der Waals surface area contributed by atoms with E-state index in [-0.39, 0.29) is 11.8 Å². The predicted octanol–water partition coefficient (Wildman–Crippen LogP) is 2.75. The van der Waals surface area contributed by atoms with Crippen molar-refractivity contribution in [2.45, 2.75) is 51.5 Å². The fraction of sp³-hybridized carbons (Fsp3) is 0.824. The van der Waals surface area contributed by atoms with Crippen molar-refractivity contribution in [3.63, 3.8) is 0 Å². The van der Waals surface area contributed by atoms with E-state index in [2.05, 4.69) is 23.7 Å². The summed E-state index contributed by atoms with van der Waals surface area (Å²) in [5.41, 5.74) is 0. The Morgan fingerprint density at radius 1 is 1.43 bits per heavy atom. The van der Waals surface area contributed by atoms with Crippen LogP contribution in [0.1, 0.15) is 45.4 Å². The fourth-order valence-corrected chi connectivity index (χ4v) is 3.40. The standard InChI is InChI=1S/C17H32N2O2/c1-4-6-7-8-9-11-19-12-10-15(14(5-2)13-19)16(18-3)17(20)21/h5,14-16,18H,2,4,6-13H2,1,3H3,(H,20,21)/t14-,15-,16?/m0/s1. The molecule has 3 atom stereocenters. The summed E-state index contributed by atoms with van der Waals surface area (Å²) in [5.74, 6) is -0.327. The molecule has 4 heteroatoms. The molecule has 0 spiro atoms. The first kappa shape index (κ1) is 18.2. The molecule has 4 nitrogen and oxygen atoms in total. The van der Waals surface area contributed by atoms with Gasteiger partial charge in [-0.25, -0.2) is 0 Å². The van der Waals surface area contributed by atoms with Crippen LogP contribution in [0.5, 0.6) is 0 Å². The molecule has 0 amide bonds. The second kappa shape index (κ2) is 9.96. The number of carboxylic acid groups (broad SMARTS) is 1. The largest absolute Gasteiger partial charge is 0.480 e. The number of unbranched alkanes of at least 4 members (excludes halogenated alkanes) is 4. The summed E-state index contributed by atoms with van der Waals surface area (Å²) in [6.45, 7) is 9.25. The van der Waals surface area contributed by atoms with Crippen LogP contribution in [0.15, 0.2) is 12.7 Å². The van der Waals surface area contributed by atoms with Crippen LogP contribution in [0.3, 0.4) is 0 Å². The van der Waals surface area contributed by atoms with Gasteiger partial charge in [0.15, 0.2) is 0 Å². The van der Waals surface area contributed by atoms with E-state index in [9.17, 15) is 9.90 Å². The highest BCUT2D eigenvalue weighted by molar-refractivity contribution is 5.74. The molecule has 1 heterocycles. The SMILES string of the molecule is C=C[C@H]1CN(CCCCCCC)CC[C@@H]1C(NC)C(=O)O. The zero-order chi connectivity index (χ0) is 15.7. The van der Waals surface area contributed by atoms with Crippen LogP contribution in [-0.4, -0.2) is 48.7 Å². The molecule has 1 aliphatic rings. The van der Waals surface area contributed by atoms with Gasteiger partial charge in [0, 0.05) is 6.54 Å². The van der Waals surface area contributed by atoms with Gasteiger partial charge in [0.25, 0.3) is 0 Å². The molecule has 0 bridgehead atoms. The minimum Gasteiger partial charge on any atom is -0.480 e. The Bertz CT molecular complexity index is 320. The first-order valence-electron chi connectivity index (χ1n) is 8.39. The average Bonchev–Trinajstić information content (AvgIpc) is 2.48. The van der Waals surface area contributed by atoms with E-state index in [1.54, 1.807) is 7.05 Å². The smallest absolute Gasteiger partial charge is 0.320 e. The Morgan fingerprint density at radius 3 is 2.71 bits per heavy atom. The van der Waals surface area contributed by atoms with E-state index in [1.165, 1.54) is 32.1 Å². The van der Waals surface area contributed by atoms with Gasteiger partial charge in [0.05, 0.1) is 0 Å². The molecular weight excluding hydrogens is 264 g/mol. The minimum absolute atomic E-state index is 0.154. The van der Waals surface area contributed by atoms with Crippen molar-refractivity contribution in [1.29, 1.82) is 0 Å². The van der Waals surface area contributed by atoms with Crippen LogP contribution in [0.2, 0.25) is 0 Å². The van der Waals surface area contributed by atoms with Gasteiger partial charge in [-0.05, 0) is 44.8 Å². The lowest BCUT2D eigenvalue weighted by Gasteiger charge is -2.39. The molecule has 0 aliphatic carbocycles. The Balaban J connectivity index is 2.41. The summed E-state index contributed by atoms with van der Waals surface area (Å²) in [6, 6.07) is -0.459. The first-order valence-corrected chi connectivity index (χ1v) is 8.39. The number of hydrogen-bond acceptors (Lipinski definition) is 3. The third-order valence-electron chi connectivity index (χ3n) is 4.68. The number of piperidine rings is 1. The van der Waals surface area contributed by atoms with Crippen molar-refractivity contribution in [3.05, 3.63) is 12.7 Å². The zero-order valence-electron chi connectivity index (χ0n) is 13.7. The molecule has 1 unspecified atom stereocenters. The van der Waals surface area contributed by atoms with E-state index in [1.807, 2.05) is 6.08 Å². The highest BCUT2D eigenvalue weighted by Crippen LogP contribution is 2.28. The highest BCUT2D eigenvalue weighted by atomic mass is 16.4. The molecule has 1 fully saturated rings. The van der Waals surface area contributed by atoms with Gasteiger partial charge < -0.3 is 15.3 Å². The van der Waals surface area contributed by atoms with E-state index < -0.39 is 12.0 Å². The van der Waals surface area contributed by atoms with Gasteiger partial charge in [-0.15, -0.1) is 6.58 Å². The summed E-state index contributed by atoms with van der Waals surface area (Å²) in [7, 11) is 1.74. The highest BCUT2D eigenvalue weighted by Gasteiger charge is 2.35. The summed E-state index contributed by atoms with van der Waals surface area (Å²) in [6.07, 6.45) is 9.39. The van der Waals surface area contributed by atoms with Crippen LogP contribution < -0.4 is 5.32 Å². The third kappa shape index (κ3) is 5.79. The van der Waals surface area contributed by atoms with Gasteiger partial charge in [-0.2, -0.15) is 0 Å². The summed E-state index contributed by atoms with van der Waals surface area (Å²) in [4.78, 5) is 13.8. The number of aliphatic carboxylic acids is 1. The van der Waals surface area contributed by atoms with Gasteiger partial charge in [-0.3, -0.25) is 4.79 Å². The first-order chi connectivity index (χ1) is 10.1. The molecule has 1 aliphatic heterocycles. The Kier molecular flexibility index (Phi) is 8.62. The van der Waals surface area contributed by atoms with Crippen molar-refractivity contribution in [1.82, 2.24) is 10.2 Å². The maximum atomic E-state index is 11.3. The Morgan fingerprint density at radius 2 is 2.14 bits per heavy atom. The van der Waals surface area contributed by atoms with Gasteiger partial charge in [-0.1, -0.05) is 38.7 Å². The summed E-state index contributed by atoms with van der Waals surface area (Å²) >= 11 is 0. The average molecular weight is 296 g/mol. The number of likely N-dealkylation sites (tertiary alicyclic amines) is 1. The van der Waals surface area contributed by atoms with E-state index >= 15 is 0 Å². The number of hydrogen-bond donors (Lipinski definition) is 2. The van der Waals surface area contributed by atoms with Crippen molar-refractivity contribution in [2.75, 3.05) is 26.7 Å². The lowest BCUT2D eigenvalue weighted by atomic mass is 9.80. The van der Waals surface area contributed by atoms with Crippen molar-refractivity contribution in [3.8, 4) is 0 Å². The van der Waals surface area contributed by atoms with Gasteiger partial charge >= 0.3 is 5.97 Å². The van der Waals surface area contributed by atoms with Crippen LogP contribution in [-0.2, 0) is 4.79 Å². The second-order valence-corrected chi connectivity index (χ2v) is 6.17. The zero-order valence-corrected chi connectivity index (χ0v) is 13.7. The lowest BCUT2D eigenvalue weighted by Crippen LogP contribution is -2.50. The molecule has 2 N–H and O–H groups in total. The number of nitrogens with zero attached hydrogens (tertiary/aromatic N) is 1. The number of nitrogens with one attached hydrogen (secondary N) is 1. The second-order valence-electron chi connectivity index (χ2n) is 6.17. The van der Waals surface area contributed by atoms with E-state index in [4.69, 9.17) is 0 Å². The molecule has 0 aromatic carbocycles. The van der Waals surface area contributed by atoms with Crippen LogP contribution in [0.25, 0.3) is 0 Å². The molecule has 1 saturated heterocycles. The lowest BCUT2D eigenvalue weighted by molar-refractivity contribution is -0.141. The maximum absolute atomic E-state index is 11.3. The number of rotatable bonds is 10. The van der Waals surface area contributed by atoms with E-state index in [0.717, 1.165) is 26.1 Å². The van der Waals surface area contributed by atoms with Crippen LogP contribution >= 0.6 is 0 Å². The number of likely N-dealkylation sites (N-methyl/N-ethyl adjacent to an activating group) is 1. The molecule has 21 heavy (non-hydrogen) atoms. The normalized spacial score (nSPS) is 24.7. The Hall–Kier alpha value is -0.870. The minimum atomic E-state index is -0.748. The third-order valence-corrected chi connectivity index (χ3v) is 4.68. The van der Waals surface area contributed by atoms with Crippen LogP contribution in [0.4, 0.5) is 0 Å². The van der Waals surface area contributed by atoms with Gasteiger partial charge in [0.2, 0.25) is 0 Å².